The van der Waals surface area contributed by atoms with Crippen LogP contribution in [0.2, 0.25) is 0 Å². The number of nitrogens with zero attached hydrogens (tertiary/aromatic N) is 1. The molecule has 0 radical (unpaired) electrons. The molecule has 0 aromatic rings. The van der Waals surface area contributed by atoms with Crippen molar-refractivity contribution in [1.82, 2.24) is 0 Å². The normalized spacial score (nSPS) is 7.25. The largest absolute Gasteiger partial charge is 0.243 e. The van der Waals surface area contributed by atoms with E-state index in [0.717, 1.165) is 12.1 Å². The molecule has 0 bridgehead atoms. The second-order valence-electron chi connectivity index (χ2n) is 1.47. The van der Waals surface area contributed by atoms with Gasteiger partial charge in [-0.2, -0.15) is 0 Å². The third-order valence-electron chi connectivity index (χ3n) is 0.720. The molecule has 0 aliphatic rings. The Kier molecular flexibility index (Phi) is 3.91. The second-order valence-corrected chi connectivity index (χ2v) is 1.47. The van der Waals surface area contributed by atoms with E-state index < -0.39 is 0 Å². The van der Waals surface area contributed by atoms with E-state index in [9.17, 15) is 0 Å². The number of hydrogen-bond acceptors (Lipinski definition) is 1. The van der Waals surface area contributed by atoms with E-state index in [2.05, 4.69) is 17.4 Å². The zero-order valence-electron chi connectivity index (χ0n) is 5.44. The molecule has 0 N–H and O–H groups in total. The maximum absolute atomic E-state index is 3.88. The van der Waals surface area contributed by atoms with Crippen LogP contribution in [0.1, 0.15) is 13.8 Å². The highest BCUT2D eigenvalue weighted by molar-refractivity contribution is 5.60. The topological polar surface area (TPSA) is 12.4 Å². The zero-order valence-corrected chi connectivity index (χ0v) is 5.44. The molecule has 0 rings (SSSR count). The molecule has 0 aliphatic heterocycles. The molecule has 0 heterocycles. The van der Waals surface area contributed by atoms with Crippen LogP contribution in [0.5, 0.6) is 0 Å². The van der Waals surface area contributed by atoms with Crippen LogP contribution >= 0.6 is 0 Å². The minimum Gasteiger partial charge on any atom is -0.243 e. The van der Waals surface area contributed by atoms with E-state index in [1.807, 2.05) is 13.8 Å². The molecular formula is C7H11N. The fourth-order valence-electron chi connectivity index (χ4n) is 0.249. The van der Waals surface area contributed by atoms with Crippen LogP contribution in [0.15, 0.2) is 23.2 Å². The molecule has 1 nitrogen and oxygen atoms in total. The highest BCUT2D eigenvalue weighted by Crippen LogP contribution is 1.82. The molecule has 0 unspecified atom stereocenters. The molecule has 44 valence electrons. The van der Waals surface area contributed by atoms with Gasteiger partial charge < -0.3 is 0 Å². The Hall–Kier alpha value is -0.810. The van der Waals surface area contributed by atoms with Crippen LogP contribution in [0.3, 0.4) is 0 Å². The monoisotopic (exact) mass is 109 g/mol. The van der Waals surface area contributed by atoms with E-state index in [1.54, 1.807) is 6.08 Å². The van der Waals surface area contributed by atoms with Crippen molar-refractivity contribution < 1.29 is 0 Å². The first-order valence-corrected chi connectivity index (χ1v) is 2.69. The summed E-state index contributed by atoms with van der Waals surface area (Å²) in [4.78, 5) is 3.88. The molecule has 0 aliphatic carbocycles. The van der Waals surface area contributed by atoms with Gasteiger partial charge in [-0.05, 0) is 19.7 Å². The van der Waals surface area contributed by atoms with Crippen LogP contribution in [0.25, 0.3) is 0 Å². The Bertz CT molecular complexity index is 127. The van der Waals surface area contributed by atoms with E-state index in [0.29, 0.717) is 0 Å². The molecule has 0 atom stereocenters. The third kappa shape index (κ3) is 3.38. The summed E-state index contributed by atoms with van der Waals surface area (Å²) >= 11 is 0. The predicted molar refractivity (Wildman–Crippen MR) is 37.4 cm³/mol. The molecule has 0 saturated heterocycles. The molecule has 8 heavy (non-hydrogen) atoms. The number of hydrogen-bond donors (Lipinski definition) is 0. The smallest absolute Gasteiger partial charge is 0.0455 e. The molecule has 0 amide bonds. The summed E-state index contributed by atoms with van der Waals surface area (Å²) < 4.78 is 0. The van der Waals surface area contributed by atoms with Crippen molar-refractivity contribution >= 4 is 5.87 Å². The van der Waals surface area contributed by atoms with Gasteiger partial charge in [-0.3, -0.25) is 0 Å². The lowest BCUT2D eigenvalue weighted by atomic mass is 10.3. The van der Waals surface area contributed by atoms with Crippen LogP contribution in [0, 0.1) is 0 Å². The van der Waals surface area contributed by atoms with Crippen molar-refractivity contribution in [1.29, 1.82) is 0 Å². The summed E-state index contributed by atoms with van der Waals surface area (Å²) in [6, 6.07) is 0. The number of rotatable bonds is 2. The molecule has 0 aromatic carbocycles. The van der Waals surface area contributed by atoms with Crippen LogP contribution in [0.4, 0.5) is 0 Å². The predicted octanol–water partition coefficient (Wildman–Crippen LogP) is 1.81. The van der Waals surface area contributed by atoms with Gasteiger partial charge in [0.15, 0.2) is 0 Å². The minimum absolute atomic E-state index is 0.797. The lowest BCUT2D eigenvalue weighted by Gasteiger charge is -1.76. The summed E-state index contributed by atoms with van der Waals surface area (Å²) in [6.07, 6.45) is 1.74. The van der Waals surface area contributed by atoms with E-state index >= 15 is 0 Å². The Labute approximate surface area is 50.4 Å². The van der Waals surface area contributed by atoms with E-state index in [-0.39, 0.29) is 0 Å². The quantitative estimate of drug-likeness (QED) is 0.379. The number of aliphatic imine (C=N–C) groups is 1. The van der Waals surface area contributed by atoms with Gasteiger partial charge in [-0.25, -0.2) is 4.99 Å². The van der Waals surface area contributed by atoms with Gasteiger partial charge in [-0.1, -0.05) is 12.7 Å². The van der Waals surface area contributed by atoms with Gasteiger partial charge in [0.05, 0.1) is 0 Å². The maximum Gasteiger partial charge on any atom is 0.0455 e. The highest BCUT2D eigenvalue weighted by Gasteiger charge is 1.69. The lowest BCUT2D eigenvalue weighted by Crippen LogP contribution is -1.68. The Morgan fingerprint density at radius 3 is 2.88 bits per heavy atom. The van der Waals surface area contributed by atoms with Crippen molar-refractivity contribution in [3.05, 3.63) is 18.2 Å². The molecule has 0 fully saturated rings. The van der Waals surface area contributed by atoms with Crippen molar-refractivity contribution in [2.24, 2.45) is 4.99 Å². The maximum atomic E-state index is 3.88. The van der Waals surface area contributed by atoms with Gasteiger partial charge in [0.25, 0.3) is 0 Å². The van der Waals surface area contributed by atoms with Gasteiger partial charge in [0.1, 0.15) is 0 Å². The fraction of sp³-hybridized carbons (Fsp3) is 0.429. The molecule has 1 heteroatoms. The van der Waals surface area contributed by atoms with Crippen LogP contribution in [-0.2, 0) is 0 Å². The van der Waals surface area contributed by atoms with Crippen LogP contribution < -0.4 is 0 Å². The van der Waals surface area contributed by atoms with Gasteiger partial charge >= 0.3 is 0 Å². The molecule has 0 spiro atoms. The summed E-state index contributed by atoms with van der Waals surface area (Å²) in [5.74, 6) is 2.81. The molecular weight excluding hydrogens is 98.1 g/mol. The zero-order chi connectivity index (χ0) is 6.41. The second kappa shape index (κ2) is 4.35. The average molecular weight is 109 g/mol. The first kappa shape index (κ1) is 7.19. The van der Waals surface area contributed by atoms with E-state index in [4.69, 9.17) is 0 Å². The van der Waals surface area contributed by atoms with Crippen molar-refractivity contribution in [3.63, 3.8) is 0 Å². The summed E-state index contributed by atoms with van der Waals surface area (Å²) in [5.41, 5.74) is 0.992. The summed E-state index contributed by atoms with van der Waals surface area (Å²) in [7, 11) is 0. The Morgan fingerprint density at radius 2 is 2.50 bits per heavy atom. The standard InChI is InChI=1S/C7H11N/c1-4-7(3)6-8-5-2/h4H,1,5H2,2-3H3. The van der Waals surface area contributed by atoms with E-state index in [1.165, 1.54) is 0 Å². The summed E-state index contributed by atoms with van der Waals surface area (Å²) in [5, 5.41) is 0. The van der Waals surface area contributed by atoms with Gasteiger partial charge in [0.2, 0.25) is 0 Å². The van der Waals surface area contributed by atoms with Crippen molar-refractivity contribution in [2.75, 3.05) is 6.54 Å². The first-order valence-electron chi connectivity index (χ1n) is 2.69. The first-order chi connectivity index (χ1) is 3.81. The Balaban J connectivity index is 3.91. The Morgan fingerprint density at radius 1 is 1.88 bits per heavy atom. The van der Waals surface area contributed by atoms with Crippen LogP contribution in [-0.4, -0.2) is 12.4 Å². The molecule has 0 saturated carbocycles. The van der Waals surface area contributed by atoms with Gasteiger partial charge in [0, 0.05) is 12.1 Å². The van der Waals surface area contributed by atoms with Crippen molar-refractivity contribution in [2.45, 2.75) is 13.8 Å². The molecule has 0 aromatic heterocycles. The highest BCUT2D eigenvalue weighted by atomic mass is 14.7. The SMILES string of the molecule is C=CC(C)=C=NCC. The number of allylic oxidation sites excluding steroid dienone is 2. The lowest BCUT2D eigenvalue weighted by molar-refractivity contribution is 1.14. The third-order valence-corrected chi connectivity index (χ3v) is 0.720. The van der Waals surface area contributed by atoms with Crippen molar-refractivity contribution in [3.8, 4) is 0 Å². The summed E-state index contributed by atoms with van der Waals surface area (Å²) in [6.45, 7) is 8.25. The average Bonchev–Trinajstić information content (AvgIpc) is 1.83. The van der Waals surface area contributed by atoms with Gasteiger partial charge in [-0.15, -0.1) is 0 Å². The minimum atomic E-state index is 0.797. The fourth-order valence-corrected chi connectivity index (χ4v) is 0.249.